The van der Waals surface area contributed by atoms with E-state index in [9.17, 15) is 8.42 Å². The number of benzene rings is 1. The summed E-state index contributed by atoms with van der Waals surface area (Å²) >= 11 is 0. The molecule has 3 saturated heterocycles. The van der Waals surface area contributed by atoms with Gasteiger partial charge in [0.25, 0.3) is 0 Å². The van der Waals surface area contributed by atoms with Gasteiger partial charge in [-0.1, -0.05) is 0 Å². The van der Waals surface area contributed by atoms with E-state index in [0.717, 1.165) is 37.4 Å². The second-order valence-corrected chi connectivity index (χ2v) is 9.89. The molecule has 0 aromatic heterocycles. The summed E-state index contributed by atoms with van der Waals surface area (Å²) in [5, 5.41) is 0. The molecule has 3 heterocycles. The number of hydrogen-bond acceptors (Lipinski definition) is 5. The predicted molar refractivity (Wildman–Crippen MR) is 103 cm³/mol. The maximum absolute atomic E-state index is 11.6. The third kappa shape index (κ3) is 3.70. The van der Waals surface area contributed by atoms with Gasteiger partial charge in [-0.2, -0.15) is 4.31 Å². The van der Waals surface area contributed by atoms with Gasteiger partial charge in [-0.05, 0) is 57.0 Å². The standard InChI is InChI=1S/C19H29N3O3S/c1-20-16-3-4-17(20)14-19(13-16)25-18-7-5-15(6-8-18)21-9-11-22(12-10-21)26(2,23)24/h5-8,16-17,19H,3-4,9-14H2,1-2H3/t16-,17+,19+. The van der Waals surface area contributed by atoms with Crippen LogP contribution in [-0.2, 0) is 10.0 Å². The van der Waals surface area contributed by atoms with Crippen LogP contribution in [0.3, 0.4) is 0 Å². The molecular weight excluding hydrogens is 350 g/mol. The van der Waals surface area contributed by atoms with Crippen LogP contribution in [0.4, 0.5) is 5.69 Å². The summed E-state index contributed by atoms with van der Waals surface area (Å²) in [5.41, 5.74) is 1.13. The summed E-state index contributed by atoms with van der Waals surface area (Å²) in [4.78, 5) is 4.76. The highest BCUT2D eigenvalue weighted by Crippen LogP contribution is 2.36. The molecule has 3 atom stereocenters. The first-order chi connectivity index (χ1) is 12.4. The van der Waals surface area contributed by atoms with E-state index < -0.39 is 10.0 Å². The number of fused-ring (bicyclic) bond motifs is 2. The highest BCUT2D eigenvalue weighted by atomic mass is 32.2. The number of piperidine rings is 1. The Bertz CT molecular complexity index is 715. The Morgan fingerprint density at radius 3 is 2.08 bits per heavy atom. The number of sulfonamides is 1. The lowest BCUT2D eigenvalue weighted by Crippen LogP contribution is -2.48. The maximum atomic E-state index is 11.6. The van der Waals surface area contributed by atoms with Crippen LogP contribution in [0.25, 0.3) is 0 Å². The van der Waals surface area contributed by atoms with Crippen molar-refractivity contribution in [2.24, 2.45) is 0 Å². The van der Waals surface area contributed by atoms with Gasteiger partial charge in [-0.15, -0.1) is 0 Å². The third-order valence-electron chi connectivity index (χ3n) is 6.27. The minimum absolute atomic E-state index is 0.327. The molecule has 3 aliphatic heterocycles. The van der Waals surface area contributed by atoms with Crippen LogP contribution in [0.1, 0.15) is 25.7 Å². The Balaban J connectivity index is 1.33. The SMILES string of the molecule is CN1[C@@H]2CC[C@H]1C[C@@H](Oc1ccc(N3CCN(S(C)(=O)=O)CC3)cc1)C2. The third-order valence-corrected chi connectivity index (χ3v) is 7.57. The smallest absolute Gasteiger partial charge is 0.211 e. The van der Waals surface area contributed by atoms with E-state index in [1.807, 2.05) is 0 Å². The minimum Gasteiger partial charge on any atom is -0.490 e. The molecule has 4 rings (SSSR count). The Morgan fingerprint density at radius 1 is 0.962 bits per heavy atom. The first kappa shape index (κ1) is 18.1. The van der Waals surface area contributed by atoms with Crippen molar-refractivity contribution in [2.45, 2.75) is 43.9 Å². The molecule has 144 valence electrons. The lowest BCUT2D eigenvalue weighted by Gasteiger charge is -2.36. The molecule has 1 aromatic rings. The molecule has 3 fully saturated rings. The molecule has 0 saturated carbocycles. The van der Waals surface area contributed by atoms with Gasteiger partial charge < -0.3 is 14.5 Å². The molecule has 7 heteroatoms. The van der Waals surface area contributed by atoms with Crippen molar-refractivity contribution in [2.75, 3.05) is 44.4 Å². The molecule has 2 bridgehead atoms. The van der Waals surface area contributed by atoms with E-state index in [0.29, 0.717) is 31.3 Å². The van der Waals surface area contributed by atoms with Crippen LogP contribution in [-0.4, -0.2) is 75.3 Å². The summed E-state index contributed by atoms with van der Waals surface area (Å²) in [6.45, 7) is 2.56. The van der Waals surface area contributed by atoms with Crippen molar-refractivity contribution in [3.05, 3.63) is 24.3 Å². The van der Waals surface area contributed by atoms with Crippen molar-refractivity contribution in [1.29, 1.82) is 0 Å². The van der Waals surface area contributed by atoms with Gasteiger partial charge in [0.15, 0.2) is 0 Å². The number of nitrogens with zero attached hydrogens (tertiary/aromatic N) is 3. The van der Waals surface area contributed by atoms with E-state index in [-0.39, 0.29) is 0 Å². The summed E-state index contributed by atoms with van der Waals surface area (Å²) in [6.07, 6.45) is 6.47. The fourth-order valence-corrected chi connectivity index (χ4v) is 5.49. The van der Waals surface area contributed by atoms with Crippen LogP contribution >= 0.6 is 0 Å². The van der Waals surface area contributed by atoms with Gasteiger partial charge in [0.05, 0.1) is 6.26 Å². The molecule has 0 radical (unpaired) electrons. The van der Waals surface area contributed by atoms with Gasteiger partial charge in [-0.3, -0.25) is 0 Å². The lowest BCUT2D eigenvalue weighted by atomic mass is 10.0. The van der Waals surface area contributed by atoms with Crippen LogP contribution in [0, 0.1) is 0 Å². The minimum atomic E-state index is -3.08. The number of ether oxygens (including phenoxy) is 1. The summed E-state index contributed by atoms with van der Waals surface area (Å²) < 4.78 is 31.1. The van der Waals surface area contributed by atoms with Gasteiger partial charge in [0.2, 0.25) is 10.0 Å². The number of rotatable bonds is 4. The average Bonchev–Trinajstić information content (AvgIpc) is 2.83. The fourth-order valence-electron chi connectivity index (χ4n) is 4.66. The Morgan fingerprint density at radius 2 is 1.54 bits per heavy atom. The zero-order chi connectivity index (χ0) is 18.3. The Labute approximate surface area is 156 Å². The van der Waals surface area contributed by atoms with E-state index in [1.54, 1.807) is 4.31 Å². The monoisotopic (exact) mass is 379 g/mol. The normalized spacial score (nSPS) is 30.5. The highest BCUT2D eigenvalue weighted by molar-refractivity contribution is 7.88. The Hall–Kier alpha value is -1.31. The largest absolute Gasteiger partial charge is 0.490 e. The Kier molecular flexibility index (Phi) is 4.88. The average molecular weight is 380 g/mol. The molecule has 3 aliphatic rings. The van der Waals surface area contributed by atoms with Crippen LogP contribution < -0.4 is 9.64 Å². The fraction of sp³-hybridized carbons (Fsp3) is 0.684. The summed E-state index contributed by atoms with van der Waals surface area (Å²) in [7, 11) is -0.832. The first-order valence-corrected chi connectivity index (χ1v) is 11.4. The van der Waals surface area contributed by atoms with Crippen LogP contribution in [0.5, 0.6) is 5.75 Å². The van der Waals surface area contributed by atoms with Crippen molar-refractivity contribution < 1.29 is 13.2 Å². The number of anilines is 1. The van der Waals surface area contributed by atoms with Gasteiger partial charge >= 0.3 is 0 Å². The highest BCUT2D eigenvalue weighted by Gasteiger charge is 2.39. The first-order valence-electron chi connectivity index (χ1n) is 9.59. The van der Waals surface area contributed by atoms with Crippen molar-refractivity contribution in [3.8, 4) is 5.75 Å². The zero-order valence-corrected chi connectivity index (χ0v) is 16.5. The van der Waals surface area contributed by atoms with E-state index in [4.69, 9.17) is 4.74 Å². The zero-order valence-electron chi connectivity index (χ0n) is 15.7. The second kappa shape index (κ2) is 7.02. The van der Waals surface area contributed by atoms with Crippen molar-refractivity contribution in [1.82, 2.24) is 9.21 Å². The molecule has 0 unspecified atom stereocenters. The molecule has 26 heavy (non-hydrogen) atoms. The molecule has 1 aromatic carbocycles. The second-order valence-electron chi connectivity index (χ2n) is 7.90. The maximum Gasteiger partial charge on any atom is 0.211 e. The molecular formula is C19H29N3O3S. The van der Waals surface area contributed by atoms with Gasteiger partial charge in [0, 0.05) is 44.0 Å². The quantitative estimate of drug-likeness (QED) is 0.798. The van der Waals surface area contributed by atoms with Crippen LogP contribution in [0.2, 0.25) is 0 Å². The van der Waals surface area contributed by atoms with Crippen molar-refractivity contribution in [3.63, 3.8) is 0 Å². The van der Waals surface area contributed by atoms with E-state index >= 15 is 0 Å². The lowest BCUT2D eigenvalue weighted by molar-refractivity contribution is 0.0662. The molecule has 0 N–H and O–H groups in total. The molecule has 0 amide bonds. The van der Waals surface area contributed by atoms with E-state index in [1.165, 1.54) is 19.1 Å². The molecule has 0 aliphatic carbocycles. The van der Waals surface area contributed by atoms with Crippen molar-refractivity contribution >= 4 is 15.7 Å². The van der Waals surface area contributed by atoms with E-state index in [2.05, 4.69) is 41.1 Å². The summed E-state index contributed by atoms with van der Waals surface area (Å²) in [6, 6.07) is 9.66. The topological polar surface area (TPSA) is 53.1 Å². The van der Waals surface area contributed by atoms with Gasteiger partial charge in [0.1, 0.15) is 11.9 Å². The predicted octanol–water partition coefficient (Wildman–Crippen LogP) is 1.77. The van der Waals surface area contributed by atoms with Gasteiger partial charge in [-0.25, -0.2) is 8.42 Å². The summed E-state index contributed by atoms with van der Waals surface area (Å²) in [5.74, 6) is 0.942. The number of piperazine rings is 1. The van der Waals surface area contributed by atoms with Crippen LogP contribution in [0.15, 0.2) is 24.3 Å². The number of hydrogen-bond donors (Lipinski definition) is 0. The molecule has 6 nitrogen and oxygen atoms in total. The molecule has 0 spiro atoms.